The summed E-state index contributed by atoms with van der Waals surface area (Å²) in [5.41, 5.74) is 0.550. The fourth-order valence-electron chi connectivity index (χ4n) is 3.69. The van der Waals surface area contributed by atoms with E-state index in [2.05, 4.69) is 10.3 Å². The number of esters is 2. The molecule has 2 aromatic rings. The summed E-state index contributed by atoms with van der Waals surface area (Å²) in [4.78, 5) is 42.6. The minimum absolute atomic E-state index is 0.0415. The lowest BCUT2D eigenvalue weighted by atomic mass is 9.91. The summed E-state index contributed by atoms with van der Waals surface area (Å²) in [7, 11) is 1.33. The lowest BCUT2D eigenvalue weighted by molar-refractivity contribution is -0.162. The molecule has 1 fully saturated rings. The third kappa shape index (κ3) is 6.64. The van der Waals surface area contributed by atoms with Crippen molar-refractivity contribution < 1.29 is 38.4 Å². The normalized spacial score (nSPS) is 22.7. The quantitative estimate of drug-likeness (QED) is 0.406. The first-order chi connectivity index (χ1) is 16.8. The van der Waals surface area contributed by atoms with Crippen molar-refractivity contribution in [2.45, 2.75) is 31.6 Å². The molecule has 0 bridgehead atoms. The highest BCUT2D eigenvalue weighted by Gasteiger charge is 2.40. The van der Waals surface area contributed by atoms with Crippen LogP contribution in [0.15, 0.2) is 42.6 Å². The number of methoxy groups -OCH3 is 1. The van der Waals surface area contributed by atoms with Gasteiger partial charge in [-0.3, -0.25) is 9.59 Å². The molecule has 1 aromatic heterocycles. The van der Waals surface area contributed by atoms with E-state index in [0.29, 0.717) is 6.42 Å². The topological polar surface area (TPSA) is 133 Å². The van der Waals surface area contributed by atoms with Gasteiger partial charge in [0, 0.05) is 12.3 Å². The van der Waals surface area contributed by atoms with E-state index >= 15 is 0 Å². The van der Waals surface area contributed by atoms with E-state index in [0.717, 1.165) is 5.56 Å². The van der Waals surface area contributed by atoms with E-state index in [-0.39, 0.29) is 17.4 Å². The molecule has 4 atom stereocenters. The molecule has 11 heteroatoms. The summed E-state index contributed by atoms with van der Waals surface area (Å²) in [5.74, 6) is -3.15. The number of aromatic nitrogens is 1. The maximum absolute atomic E-state index is 13.1. The van der Waals surface area contributed by atoms with Crippen molar-refractivity contribution in [3.05, 3.63) is 53.9 Å². The van der Waals surface area contributed by atoms with E-state index in [1.165, 1.54) is 31.1 Å². The number of cyclic esters (lactones) is 2. The van der Waals surface area contributed by atoms with Gasteiger partial charge in [-0.15, -0.1) is 11.8 Å². The summed E-state index contributed by atoms with van der Waals surface area (Å²) in [5, 5.41) is 12.6. The highest BCUT2D eigenvalue weighted by molar-refractivity contribution is 7.98. The first-order valence-corrected chi connectivity index (χ1v) is 12.3. The minimum atomic E-state index is -1.32. The van der Waals surface area contributed by atoms with E-state index in [9.17, 15) is 19.5 Å². The third-order valence-electron chi connectivity index (χ3n) is 5.45. The van der Waals surface area contributed by atoms with Crippen molar-refractivity contribution in [3.63, 3.8) is 0 Å². The molecule has 3 rings (SSSR count). The van der Waals surface area contributed by atoms with Crippen molar-refractivity contribution >= 4 is 29.6 Å². The number of aromatic hydroxyl groups is 1. The van der Waals surface area contributed by atoms with Crippen LogP contribution in [0.1, 0.15) is 23.0 Å². The third-order valence-corrected chi connectivity index (χ3v) is 5.82. The Hall–Kier alpha value is -3.31. The van der Waals surface area contributed by atoms with Gasteiger partial charge in [-0.1, -0.05) is 30.3 Å². The van der Waals surface area contributed by atoms with Crippen LogP contribution >= 0.6 is 11.8 Å². The molecule has 0 saturated carbocycles. The number of rotatable bonds is 8. The number of carbonyl (C=O) groups excluding carboxylic acids is 3. The highest BCUT2D eigenvalue weighted by Crippen LogP contribution is 2.28. The van der Waals surface area contributed by atoms with Crippen LogP contribution in [0.3, 0.4) is 0 Å². The van der Waals surface area contributed by atoms with Crippen molar-refractivity contribution in [1.29, 1.82) is 0 Å². The second kappa shape index (κ2) is 12.4. The van der Waals surface area contributed by atoms with Crippen LogP contribution in [0.5, 0.6) is 11.5 Å². The van der Waals surface area contributed by atoms with Gasteiger partial charge >= 0.3 is 11.9 Å². The van der Waals surface area contributed by atoms with Gasteiger partial charge in [0.25, 0.3) is 5.91 Å². The van der Waals surface area contributed by atoms with Crippen LogP contribution < -0.4 is 10.1 Å². The first-order valence-electron chi connectivity index (χ1n) is 10.9. The van der Waals surface area contributed by atoms with Crippen LogP contribution in [0, 0.1) is 5.92 Å². The molecule has 1 amide bonds. The molecule has 1 saturated heterocycles. The van der Waals surface area contributed by atoms with Crippen LogP contribution in [0.2, 0.25) is 0 Å². The Morgan fingerprint density at radius 1 is 1.23 bits per heavy atom. The molecule has 10 nitrogen and oxygen atoms in total. The number of amides is 1. The molecule has 0 radical (unpaired) electrons. The Balaban J connectivity index is 1.83. The summed E-state index contributed by atoms with van der Waals surface area (Å²) < 4.78 is 21.9. The largest absolute Gasteiger partial charge is 0.503 e. The number of ether oxygens (including phenoxy) is 4. The smallest absolute Gasteiger partial charge is 0.332 e. The van der Waals surface area contributed by atoms with Gasteiger partial charge in [0.15, 0.2) is 23.2 Å². The zero-order valence-electron chi connectivity index (χ0n) is 19.6. The SMILES string of the molecule is COc1ccnc(C(=O)N[C@H]2COC(=O)[C@H](Cc3ccccc3)[C@@H](OCSC)[C@H](C)OC2=O)c1O. The summed E-state index contributed by atoms with van der Waals surface area (Å²) in [6.07, 6.45) is 1.87. The van der Waals surface area contributed by atoms with Gasteiger partial charge in [-0.25, -0.2) is 9.78 Å². The molecule has 2 heterocycles. The zero-order chi connectivity index (χ0) is 25.4. The number of hydrogen-bond acceptors (Lipinski definition) is 10. The Kier molecular flexibility index (Phi) is 9.32. The Bertz CT molecular complexity index is 1040. The van der Waals surface area contributed by atoms with Gasteiger partial charge in [-0.2, -0.15) is 0 Å². The molecule has 0 aliphatic carbocycles. The van der Waals surface area contributed by atoms with E-state index in [1.54, 1.807) is 6.92 Å². The highest BCUT2D eigenvalue weighted by atomic mass is 32.2. The van der Waals surface area contributed by atoms with Gasteiger partial charge in [-0.05, 0) is 25.2 Å². The summed E-state index contributed by atoms with van der Waals surface area (Å²) in [6.45, 7) is 1.18. The Labute approximate surface area is 207 Å². The average Bonchev–Trinajstić information content (AvgIpc) is 2.89. The number of pyridine rings is 1. The molecule has 188 valence electrons. The van der Waals surface area contributed by atoms with Crippen molar-refractivity contribution in [1.82, 2.24) is 10.3 Å². The maximum atomic E-state index is 13.1. The van der Waals surface area contributed by atoms with E-state index in [1.807, 2.05) is 36.6 Å². The molecule has 0 spiro atoms. The predicted octanol–water partition coefficient (Wildman–Crippen LogP) is 1.95. The first kappa shape index (κ1) is 26.3. The van der Waals surface area contributed by atoms with Crippen molar-refractivity contribution in [2.75, 3.05) is 25.9 Å². The molecule has 0 unspecified atom stereocenters. The Morgan fingerprint density at radius 3 is 2.66 bits per heavy atom. The molecule has 1 aromatic carbocycles. The lowest BCUT2D eigenvalue weighted by Crippen LogP contribution is -2.46. The fourth-order valence-corrected chi connectivity index (χ4v) is 3.99. The van der Waals surface area contributed by atoms with Crippen LogP contribution in [0.25, 0.3) is 0 Å². The number of nitrogens with zero attached hydrogens (tertiary/aromatic N) is 1. The number of benzene rings is 1. The monoisotopic (exact) mass is 504 g/mol. The van der Waals surface area contributed by atoms with Gasteiger partial charge in [0.2, 0.25) is 0 Å². The average molecular weight is 505 g/mol. The summed E-state index contributed by atoms with van der Waals surface area (Å²) >= 11 is 1.42. The fraction of sp³-hybridized carbons (Fsp3) is 0.417. The molecule has 1 aliphatic rings. The zero-order valence-corrected chi connectivity index (χ0v) is 20.4. The lowest BCUT2D eigenvalue weighted by Gasteiger charge is -2.29. The number of carbonyl (C=O) groups is 3. The van der Waals surface area contributed by atoms with Crippen LogP contribution in [-0.2, 0) is 30.2 Å². The standard InChI is InChI=1S/C24H28N2O8S/c1-14-21(33-13-35-3)16(11-15-7-5-4-6-8-15)23(29)32-12-17(24(30)34-14)26-22(28)19-20(27)18(31-2)9-10-25-19/h4-10,14,16-17,21,27H,11-13H2,1-3H3,(H,26,28)/t14-,16+,17-,21-/m0/s1. The molecule has 1 aliphatic heterocycles. The molecule has 2 N–H and O–H groups in total. The Morgan fingerprint density at radius 2 is 1.97 bits per heavy atom. The number of hydrogen-bond donors (Lipinski definition) is 2. The number of nitrogens with one attached hydrogen (secondary N) is 1. The summed E-state index contributed by atoms with van der Waals surface area (Å²) in [6, 6.07) is 9.44. The van der Waals surface area contributed by atoms with Gasteiger partial charge in [0.05, 0.1) is 19.0 Å². The minimum Gasteiger partial charge on any atom is -0.503 e. The second-order valence-corrected chi connectivity index (χ2v) is 8.66. The van der Waals surface area contributed by atoms with E-state index < -0.39 is 54.4 Å². The van der Waals surface area contributed by atoms with Gasteiger partial charge < -0.3 is 29.4 Å². The number of thioether (sulfide) groups is 1. The molecular weight excluding hydrogens is 476 g/mol. The second-order valence-electron chi connectivity index (χ2n) is 7.84. The van der Waals surface area contributed by atoms with E-state index in [4.69, 9.17) is 18.9 Å². The molecular formula is C24H28N2O8S. The molecule has 35 heavy (non-hydrogen) atoms. The van der Waals surface area contributed by atoms with Crippen LogP contribution in [-0.4, -0.2) is 72.1 Å². The van der Waals surface area contributed by atoms with Crippen molar-refractivity contribution in [3.8, 4) is 11.5 Å². The van der Waals surface area contributed by atoms with Crippen LogP contribution in [0.4, 0.5) is 0 Å². The van der Waals surface area contributed by atoms with Crippen molar-refractivity contribution in [2.24, 2.45) is 5.92 Å². The predicted molar refractivity (Wildman–Crippen MR) is 127 cm³/mol. The van der Waals surface area contributed by atoms with Gasteiger partial charge in [0.1, 0.15) is 18.8 Å². The maximum Gasteiger partial charge on any atom is 0.332 e.